The van der Waals surface area contributed by atoms with Gasteiger partial charge in [0.25, 0.3) is 0 Å². The van der Waals surface area contributed by atoms with Crippen molar-refractivity contribution in [2.45, 2.75) is 31.6 Å². The van der Waals surface area contributed by atoms with E-state index < -0.39 is 23.7 Å². The number of rotatable bonds is 3. The van der Waals surface area contributed by atoms with Crippen LogP contribution in [-0.2, 0) is 4.79 Å². The van der Waals surface area contributed by atoms with Crippen molar-refractivity contribution in [2.75, 3.05) is 0 Å². The van der Waals surface area contributed by atoms with Gasteiger partial charge in [0.2, 0.25) is 5.91 Å². The molecule has 2 rings (SSSR count). The van der Waals surface area contributed by atoms with Gasteiger partial charge in [-0.15, -0.1) is 10.2 Å². The van der Waals surface area contributed by atoms with Crippen molar-refractivity contribution in [1.29, 1.82) is 0 Å². The third-order valence-corrected chi connectivity index (χ3v) is 3.14. The average Bonchev–Trinajstić information content (AvgIpc) is 2.81. The van der Waals surface area contributed by atoms with Crippen molar-refractivity contribution >= 4 is 11.6 Å². The molecule has 2 unspecified atom stereocenters. The smallest absolute Gasteiger partial charge is 0.344 e. The first-order valence-corrected chi connectivity index (χ1v) is 6.11. The summed E-state index contributed by atoms with van der Waals surface area (Å²) in [5.41, 5.74) is 2.63. The zero-order valence-electron chi connectivity index (χ0n) is 11.3. The maximum Gasteiger partial charge on any atom is 0.415 e. The topological polar surface area (TPSA) is 85.3 Å². The van der Waals surface area contributed by atoms with E-state index in [0.29, 0.717) is 18.4 Å². The van der Waals surface area contributed by atoms with Crippen molar-refractivity contribution in [2.24, 2.45) is 5.73 Å². The molecule has 3 N–H and O–H groups in total. The maximum absolute atomic E-state index is 12.7. The lowest BCUT2D eigenvalue weighted by Gasteiger charge is -2.27. The predicted molar refractivity (Wildman–Crippen MR) is 68.2 cm³/mol. The van der Waals surface area contributed by atoms with Crippen LogP contribution in [0.4, 0.5) is 13.2 Å². The van der Waals surface area contributed by atoms with Crippen LogP contribution in [0.15, 0.2) is 24.4 Å². The lowest BCUT2D eigenvalue weighted by Crippen LogP contribution is -2.61. The van der Waals surface area contributed by atoms with Gasteiger partial charge < -0.3 is 11.1 Å². The molecule has 2 aromatic heterocycles. The molecule has 9 heteroatoms. The van der Waals surface area contributed by atoms with E-state index in [9.17, 15) is 18.0 Å². The Bertz CT molecular complexity index is 664. The lowest BCUT2D eigenvalue weighted by molar-refractivity contribution is -0.187. The second kappa shape index (κ2) is 4.99. The van der Waals surface area contributed by atoms with Gasteiger partial charge in [-0.05, 0) is 26.0 Å². The minimum absolute atomic E-state index is 0.317. The molecule has 0 saturated heterocycles. The SMILES string of the molecule is CC(NC(=O)C(C)(N)C(F)(F)F)c1nnc2ccccn12. The van der Waals surface area contributed by atoms with Gasteiger partial charge in [-0.1, -0.05) is 6.07 Å². The number of aromatic nitrogens is 3. The van der Waals surface area contributed by atoms with Crippen LogP contribution in [0.3, 0.4) is 0 Å². The second-order valence-corrected chi connectivity index (χ2v) is 4.88. The molecule has 21 heavy (non-hydrogen) atoms. The van der Waals surface area contributed by atoms with Gasteiger partial charge in [-0.3, -0.25) is 9.20 Å². The summed E-state index contributed by atoms with van der Waals surface area (Å²) < 4.78 is 39.7. The monoisotopic (exact) mass is 301 g/mol. The first-order chi connectivity index (χ1) is 9.64. The number of alkyl halides is 3. The van der Waals surface area contributed by atoms with Gasteiger partial charge in [-0.25, -0.2) is 0 Å². The van der Waals surface area contributed by atoms with Crippen LogP contribution in [-0.4, -0.2) is 32.2 Å². The highest BCUT2D eigenvalue weighted by Crippen LogP contribution is 2.28. The first-order valence-electron chi connectivity index (χ1n) is 6.11. The van der Waals surface area contributed by atoms with E-state index in [1.54, 1.807) is 28.8 Å². The summed E-state index contributed by atoms with van der Waals surface area (Å²) in [5.74, 6) is -1.01. The van der Waals surface area contributed by atoms with E-state index in [1.165, 1.54) is 6.92 Å². The Labute approximate surface area is 118 Å². The molecule has 0 bridgehead atoms. The molecule has 2 heterocycles. The number of nitrogens with one attached hydrogen (secondary N) is 1. The molecule has 0 fully saturated rings. The number of hydrogen-bond donors (Lipinski definition) is 2. The molecule has 0 aliphatic rings. The van der Waals surface area contributed by atoms with E-state index in [0.717, 1.165) is 0 Å². The highest BCUT2D eigenvalue weighted by Gasteiger charge is 2.54. The second-order valence-electron chi connectivity index (χ2n) is 4.88. The van der Waals surface area contributed by atoms with Gasteiger partial charge in [-0.2, -0.15) is 13.2 Å². The Kier molecular flexibility index (Phi) is 3.62. The lowest BCUT2D eigenvalue weighted by atomic mass is 10.0. The van der Waals surface area contributed by atoms with Crippen molar-refractivity contribution in [3.05, 3.63) is 30.2 Å². The molecule has 2 atom stereocenters. The molecular weight excluding hydrogens is 287 g/mol. The van der Waals surface area contributed by atoms with E-state index in [4.69, 9.17) is 5.73 Å². The number of fused-ring (bicyclic) bond motifs is 1. The van der Waals surface area contributed by atoms with Crippen molar-refractivity contribution < 1.29 is 18.0 Å². The van der Waals surface area contributed by atoms with Crippen LogP contribution >= 0.6 is 0 Å². The van der Waals surface area contributed by atoms with E-state index in [2.05, 4.69) is 15.5 Å². The summed E-state index contributed by atoms with van der Waals surface area (Å²) in [6.45, 7) is 2.13. The predicted octanol–water partition coefficient (Wildman–Crippen LogP) is 1.19. The molecule has 0 radical (unpaired) electrons. The Morgan fingerprint density at radius 2 is 2.05 bits per heavy atom. The number of halogens is 3. The van der Waals surface area contributed by atoms with Crippen LogP contribution in [0.5, 0.6) is 0 Å². The normalized spacial score (nSPS) is 16.5. The molecule has 0 aliphatic carbocycles. The molecule has 2 aromatic rings. The molecule has 1 amide bonds. The number of nitrogens with zero attached hydrogens (tertiary/aromatic N) is 3. The number of pyridine rings is 1. The highest BCUT2D eigenvalue weighted by atomic mass is 19.4. The Morgan fingerprint density at radius 1 is 1.38 bits per heavy atom. The van der Waals surface area contributed by atoms with Gasteiger partial charge in [0.15, 0.2) is 17.0 Å². The number of carbonyl (C=O) groups excluding carboxylic acids is 1. The zero-order valence-corrected chi connectivity index (χ0v) is 11.3. The highest BCUT2D eigenvalue weighted by molar-refractivity contribution is 5.86. The first kappa shape index (κ1) is 15.2. The summed E-state index contributed by atoms with van der Waals surface area (Å²) in [4.78, 5) is 11.7. The summed E-state index contributed by atoms with van der Waals surface area (Å²) in [5, 5.41) is 9.95. The summed E-state index contributed by atoms with van der Waals surface area (Å²) in [6, 6.07) is 4.38. The fourth-order valence-corrected chi connectivity index (χ4v) is 1.70. The number of amides is 1. The van der Waals surface area contributed by atoms with Crippen LogP contribution in [0.25, 0.3) is 5.65 Å². The number of carbonyl (C=O) groups is 1. The van der Waals surface area contributed by atoms with Gasteiger partial charge in [0.05, 0.1) is 6.04 Å². The standard InChI is InChI=1S/C12H14F3N5O/c1-7(17-10(21)11(2,16)12(13,14)15)9-19-18-8-5-3-4-6-20(8)9/h3-7H,16H2,1-2H3,(H,17,21). The van der Waals surface area contributed by atoms with Gasteiger partial charge in [0.1, 0.15) is 0 Å². The third kappa shape index (κ3) is 2.68. The quantitative estimate of drug-likeness (QED) is 0.891. The summed E-state index contributed by atoms with van der Waals surface area (Å²) in [6.07, 6.45) is -3.19. The Morgan fingerprint density at radius 3 is 2.67 bits per heavy atom. The largest absolute Gasteiger partial charge is 0.415 e. The fraction of sp³-hybridized carbons (Fsp3) is 0.417. The molecule has 0 aromatic carbocycles. The van der Waals surface area contributed by atoms with Crippen LogP contribution in [0.2, 0.25) is 0 Å². The third-order valence-electron chi connectivity index (χ3n) is 3.14. The van der Waals surface area contributed by atoms with E-state index in [1.807, 2.05) is 0 Å². The minimum Gasteiger partial charge on any atom is -0.344 e. The molecule has 6 nitrogen and oxygen atoms in total. The van der Waals surface area contributed by atoms with E-state index in [-0.39, 0.29) is 0 Å². The molecule has 0 aliphatic heterocycles. The van der Waals surface area contributed by atoms with Crippen LogP contribution in [0.1, 0.15) is 25.7 Å². The molecule has 0 saturated carbocycles. The fourth-order valence-electron chi connectivity index (χ4n) is 1.70. The average molecular weight is 301 g/mol. The van der Waals surface area contributed by atoms with Crippen LogP contribution < -0.4 is 11.1 Å². The zero-order chi connectivity index (χ0) is 15.8. The minimum atomic E-state index is -4.84. The Balaban J connectivity index is 2.22. The number of hydrogen-bond acceptors (Lipinski definition) is 4. The molecule has 0 spiro atoms. The summed E-state index contributed by atoms with van der Waals surface area (Å²) in [7, 11) is 0. The molecular formula is C12H14F3N5O. The number of nitrogens with two attached hydrogens (primary N) is 1. The van der Waals surface area contributed by atoms with Crippen molar-refractivity contribution in [3.8, 4) is 0 Å². The maximum atomic E-state index is 12.7. The van der Waals surface area contributed by atoms with Gasteiger partial charge >= 0.3 is 6.18 Å². The van der Waals surface area contributed by atoms with Crippen molar-refractivity contribution in [1.82, 2.24) is 19.9 Å². The Hall–Kier alpha value is -2.16. The van der Waals surface area contributed by atoms with Gasteiger partial charge in [0, 0.05) is 6.20 Å². The molecule has 114 valence electrons. The van der Waals surface area contributed by atoms with E-state index >= 15 is 0 Å². The van der Waals surface area contributed by atoms with Crippen molar-refractivity contribution in [3.63, 3.8) is 0 Å². The summed E-state index contributed by atoms with van der Waals surface area (Å²) >= 11 is 0. The van der Waals surface area contributed by atoms with Crippen LogP contribution in [0, 0.1) is 0 Å².